The monoisotopic (exact) mass is 294 g/mol. The highest BCUT2D eigenvalue weighted by Gasteiger charge is 2.41. The molecule has 2 aliphatic heterocycles. The Morgan fingerprint density at radius 3 is 2.81 bits per heavy atom. The molecule has 0 unspecified atom stereocenters. The van der Waals surface area contributed by atoms with Crippen molar-refractivity contribution in [3.8, 4) is 0 Å². The molecule has 1 N–H and O–H groups in total. The number of hydrogen-bond donors (Lipinski definition) is 1. The van der Waals surface area contributed by atoms with Crippen LogP contribution in [0.1, 0.15) is 18.4 Å². The minimum Gasteiger partial charge on any atom is -0.392 e. The van der Waals surface area contributed by atoms with E-state index in [4.69, 9.17) is 9.47 Å². The summed E-state index contributed by atoms with van der Waals surface area (Å²) >= 11 is 0. The van der Waals surface area contributed by atoms with Gasteiger partial charge in [0, 0.05) is 19.0 Å². The number of piperidine rings is 1. The van der Waals surface area contributed by atoms with Crippen LogP contribution in [0, 0.1) is 10.1 Å². The summed E-state index contributed by atoms with van der Waals surface area (Å²) < 4.78 is 11.4. The highest BCUT2D eigenvalue weighted by atomic mass is 16.7. The molecule has 0 aromatic heterocycles. The summed E-state index contributed by atoms with van der Waals surface area (Å²) in [4.78, 5) is 12.8. The molecule has 3 rings (SSSR count). The van der Waals surface area contributed by atoms with E-state index in [1.165, 1.54) is 6.07 Å². The normalized spacial score (nSPS) is 20.9. The molecule has 1 spiro atoms. The lowest BCUT2D eigenvalue weighted by Gasteiger charge is -2.39. The number of nitro benzene ring substituents is 1. The number of nitro groups is 1. The van der Waals surface area contributed by atoms with E-state index >= 15 is 0 Å². The van der Waals surface area contributed by atoms with Gasteiger partial charge in [0.25, 0.3) is 5.69 Å². The van der Waals surface area contributed by atoms with E-state index < -0.39 is 10.7 Å². The molecule has 0 amide bonds. The molecule has 0 saturated carbocycles. The van der Waals surface area contributed by atoms with Gasteiger partial charge in [0.15, 0.2) is 5.79 Å². The number of anilines is 1. The minimum atomic E-state index is -0.638. The second kappa shape index (κ2) is 5.59. The van der Waals surface area contributed by atoms with E-state index in [2.05, 4.69) is 0 Å². The fourth-order valence-electron chi connectivity index (χ4n) is 3.00. The Morgan fingerprint density at radius 2 is 2.14 bits per heavy atom. The molecule has 0 aliphatic carbocycles. The predicted molar refractivity (Wildman–Crippen MR) is 75.1 cm³/mol. The molecular weight excluding hydrogens is 276 g/mol. The van der Waals surface area contributed by atoms with Crippen molar-refractivity contribution in [2.45, 2.75) is 25.2 Å². The third-order valence-corrected chi connectivity index (χ3v) is 3.99. The standard InChI is InChI=1S/C14H18N2O5/c17-9-11-2-3-12(16(18)19)13(8-11)15-5-1-4-14(10-15)20-6-7-21-14/h2-3,8,17H,1,4-7,9-10H2. The molecule has 2 aliphatic rings. The summed E-state index contributed by atoms with van der Waals surface area (Å²) in [6.45, 7) is 2.17. The molecule has 2 heterocycles. The van der Waals surface area contributed by atoms with Gasteiger partial charge in [-0.2, -0.15) is 0 Å². The van der Waals surface area contributed by atoms with Crippen molar-refractivity contribution in [2.75, 3.05) is 31.2 Å². The summed E-state index contributed by atoms with van der Waals surface area (Å²) in [5.74, 6) is -0.638. The Labute approximate surface area is 122 Å². The average Bonchev–Trinajstić information content (AvgIpc) is 2.94. The van der Waals surface area contributed by atoms with Crippen molar-refractivity contribution in [3.05, 3.63) is 33.9 Å². The Bertz CT molecular complexity index is 542. The van der Waals surface area contributed by atoms with Crippen LogP contribution in [0.3, 0.4) is 0 Å². The number of benzene rings is 1. The molecule has 1 aromatic carbocycles. The number of aliphatic hydroxyl groups excluding tert-OH is 1. The van der Waals surface area contributed by atoms with Gasteiger partial charge in [-0.15, -0.1) is 0 Å². The number of hydrogen-bond acceptors (Lipinski definition) is 6. The number of ether oxygens (including phenoxy) is 2. The second-order valence-electron chi connectivity index (χ2n) is 5.37. The molecule has 0 atom stereocenters. The highest BCUT2D eigenvalue weighted by Crippen LogP contribution is 2.36. The molecule has 114 valence electrons. The summed E-state index contributed by atoms with van der Waals surface area (Å²) in [5, 5.41) is 20.5. The molecule has 0 bridgehead atoms. The van der Waals surface area contributed by atoms with Gasteiger partial charge in [-0.1, -0.05) is 0 Å². The van der Waals surface area contributed by atoms with Crippen LogP contribution in [0.4, 0.5) is 11.4 Å². The summed E-state index contributed by atoms with van der Waals surface area (Å²) in [5.41, 5.74) is 1.22. The maximum Gasteiger partial charge on any atom is 0.292 e. The zero-order valence-electron chi connectivity index (χ0n) is 11.7. The predicted octanol–water partition coefficient (Wildman–Crippen LogP) is 1.43. The highest BCUT2D eigenvalue weighted by molar-refractivity contribution is 5.65. The fourth-order valence-corrected chi connectivity index (χ4v) is 3.00. The van der Waals surface area contributed by atoms with Crippen molar-refractivity contribution in [3.63, 3.8) is 0 Å². The third kappa shape index (κ3) is 2.72. The second-order valence-corrected chi connectivity index (χ2v) is 5.37. The molecule has 2 saturated heterocycles. The maximum atomic E-state index is 11.2. The zero-order valence-corrected chi connectivity index (χ0v) is 11.7. The minimum absolute atomic E-state index is 0.0437. The maximum absolute atomic E-state index is 11.2. The average molecular weight is 294 g/mol. The van der Waals surface area contributed by atoms with Crippen molar-refractivity contribution in [1.82, 2.24) is 0 Å². The van der Waals surface area contributed by atoms with Gasteiger partial charge in [-0.25, -0.2) is 0 Å². The van der Waals surface area contributed by atoms with Gasteiger partial charge in [0.2, 0.25) is 0 Å². The van der Waals surface area contributed by atoms with Crippen LogP contribution in [-0.2, 0) is 16.1 Å². The largest absolute Gasteiger partial charge is 0.392 e. The third-order valence-electron chi connectivity index (χ3n) is 3.99. The van der Waals surface area contributed by atoms with Gasteiger partial charge in [-0.3, -0.25) is 10.1 Å². The summed E-state index contributed by atoms with van der Waals surface area (Å²) in [6.07, 6.45) is 1.65. The van der Waals surface area contributed by atoms with Gasteiger partial charge in [0.05, 0.1) is 31.3 Å². The number of nitrogens with zero attached hydrogens (tertiary/aromatic N) is 2. The first kappa shape index (κ1) is 14.2. The zero-order chi connectivity index (χ0) is 14.9. The van der Waals surface area contributed by atoms with Gasteiger partial charge in [-0.05, 0) is 24.1 Å². The van der Waals surface area contributed by atoms with Crippen LogP contribution in [0.5, 0.6) is 0 Å². The molecule has 7 nitrogen and oxygen atoms in total. The topological polar surface area (TPSA) is 85.1 Å². The van der Waals surface area contributed by atoms with Crippen LogP contribution < -0.4 is 4.90 Å². The molecule has 7 heteroatoms. The Hall–Kier alpha value is -1.70. The quantitative estimate of drug-likeness (QED) is 0.670. The number of rotatable bonds is 3. The first-order valence-electron chi connectivity index (χ1n) is 7.05. The van der Waals surface area contributed by atoms with E-state index in [1.807, 2.05) is 4.90 Å². The van der Waals surface area contributed by atoms with Crippen LogP contribution in [0.15, 0.2) is 18.2 Å². The molecular formula is C14H18N2O5. The Balaban J connectivity index is 1.92. The van der Waals surface area contributed by atoms with E-state index in [9.17, 15) is 15.2 Å². The summed E-state index contributed by atoms with van der Waals surface area (Å²) in [7, 11) is 0. The van der Waals surface area contributed by atoms with Crippen molar-refractivity contribution < 1.29 is 19.5 Å². The van der Waals surface area contributed by atoms with Crippen molar-refractivity contribution >= 4 is 11.4 Å². The van der Waals surface area contributed by atoms with E-state index in [0.29, 0.717) is 37.6 Å². The van der Waals surface area contributed by atoms with Crippen LogP contribution in [-0.4, -0.2) is 42.1 Å². The van der Waals surface area contributed by atoms with Gasteiger partial charge in [0.1, 0.15) is 5.69 Å². The number of aliphatic hydroxyl groups is 1. The van der Waals surface area contributed by atoms with Crippen LogP contribution in [0.2, 0.25) is 0 Å². The Morgan fingerprint density at radius 1 is 1.38 bits per heavy atom. The van der Waals surface area contributed by atoms with Gasteiger partial charge < -0.3 is 19.5 Å². The lowest BCUT2D eigenvalue weighted by molar-refractivity contribution is -0.384. The molecule has 1 aromatic rings. The smallest absolute Gasteiger partial charge is 0.292 e. The summed E-state index contributed by atoms with van der Waals surface area (Å²) in [6, 6.07) is 4.69. The van der Waals surface area contributed by atoms with Crippen LogP contribution in [0.25, 0.3) is 0 Å². The van der Waals surface area contributed by atoms with Crippen molar-refractivity contribution in [2.24, 2.45) is 0 Å². The van der Waals surface area contributed by atoms with Crippen molar-refractivity contribution in [1.29, 1.82) is 0 Å². The van der Waals surface area contributed by atoms with Crippen LogP contribution >= 0.6 is 0 Å². The molecule has 2 fully saturated rings. The van der Waals surface area contributed by atoms with E-state index in [1.54, 1.807) is 12.1 Å². The van der Waals surface area contributed by atoms with E-state index in [-0.39, 0.29) is 12.3 Å². The molecule has 21 heavy (non-hydrogen) atoms. The lowest BCUT2D eigenvalue weighted by Crippen LogP contribution is -2.49. The SMILES string of the molecule is O=[N+]([O-])c1ccc(CO)cc1N1CCCC2(C1)OCCO2. The first-order valence-corrected chi connectivity index (χ1v) is 7.05. The molecule has 0 radical (unpaired) electrons. The Kier molecular flexibility index (Phi) is 3.79. The lowest BCUT2D eigenvalue weighted by atomic mass is 10.0. The fraction of sp³-hybridized carbons (Fsp3) is 0.571. The first-order chi connectivity index (χ1) is 10.1. The van der Waals surface area contributed by atoms with E-state index in [0.717, 1.165) is 12.8 Å². The van der Waals surface area contributed by atoms with Gasteiger partial charge >= 0.3 is 0 Å².